The monoisotopic (exact) mass is 496 g/mol. The van der Waals surface area contributed by atoms with Crippen molar-refractivity contribution in [3.8, 4) is 17.2 Å². The van der Waals surface area contributed by atoms with Crippen LogP contribution in [0.4, 0.5) is 5.69 Å². The number of hydrogen-bond donors (Lipinski definition) is 1. The molecule has 0 aromatic heterocycles. The number of hydrogen-bond acceptors (Lipinski definition) is 6. The highest BCUT2D eigenvalue weighted by Crippen LogP contribution is 2.33. The molecule has 0 radical (unpaired) electrons. The summed E-state index contributed by atoms with van der Waals surface area (Å²) in [5, 5.41) is 3.08. The van der Waals surface area contributed by atoms with Gasteiger partial charge in [0.25, 0.3) is 0 Å². The molecule has 10 heteroatoms. The van der Waals surface area contributed by atoms with Gasteiger partial charge in [0.05, 0.1) is 37.8 Å². The van der Waals surface area contributed by atoms with Crippen LogP contribution in [0.15, 0.2) is 41.3 Å². The number of methoxy groups -OCH3 is 3. The summed E-state index contributed by atoms with van der Waals surface area (Å²) in [7, 11) is 0.454. The van der Waals surface area contributed by atoms with E-state index in [1.165, 1.54) is 37.8 Å². The van der Waals surface area contributed by atoms with E-state index in [-0.39, 0.29) is 17.5 Å². The molecule has 0 bridgehead atoms. The molecule has 1 saturated carbocycles. The molecule has 0 unspecified atom stereocenters. The van der Waals surface area contributed by atoms with Gasteiger partial charge in [-0.3, -0.25) is 4.79 Å². The second-order valence-electron chi connectivity index (χ2n) is 7.76. The number of carbonyl (C=O) groups is 1. The van der Waals surface area contributed by atoms with Crippen molar-refractivity contribution in [2.45, 2.75) is 43.0 Å². The summed E-state index contributed by atoms with van der Waals surface area (Å²) in [4.78, 5) is 12.9. The van der Waals surface area contributed by atoms with Crippen LogP contribution in [0.1, 0.15) is 32.1 Å². The Morgan fingerprint density at radius 3 is 2.21 bits per heavy atom. The molecule has 33 heavy (non-hydrogen) atoms. The third-order valence-electron chi connectivity index (χ3n) is 5.68. The van der Waals surface area contributed by atoms with Crippen LogP contribution >= 0.6 is 11.6 Å². The molecule has 0 atom stereocenters. The van der Waals surface area contributed by atoms with Crippen molar-refractivity contribution in [3.63, 3.8) is 0 Å². The van der Waals surface area contributed by atoms with Crippen LogP contribution in [0.25, 0.3) is 0 Å². The minimum absolute atomic E-state index is 0.0472. The molecule has 1 amide bonds. The van der Waals surface area contributed by atoms with Gasteiger partial charge >= 0.3 is 0 Å². The van der Waals surface area contributed by atoms with E-state index in [9.17, 15) is 13.2 Å². The van der Waals surface area contributed by atoms with Gasteiger partial charge in [-0.05, 0) is 43.2 Å². The van der Waals surface area contributed by atoms with E-state index in [2.05, 4.69) is 5.32 Å². The third kappa shape index (κ3) is 5.90. The zero-order chi connectivity index (χ0) is 24.0. The maximum atomic E-state index is 13.6. The molecule has 8 nitrogen and oxygen atoms in total. The molecule has 1 N–H and O–H groups in total. The fourth-order valence-electron chi connectivity index (χ4n) is 3.98. The van der Waals surface area contributed by atoms with E-state index in [1.54, 1.807) is 24.3 Å². The van der Waals surface area contributed by atoms with Crippen molar-refractivity contribution in [1.82, 2.24) is 4.31 Å². The standard InChI is InChI=1S/C23H29ClN2O6S/c1-30-20-11-9-16(13-19(20)24)25-23(27)15-26(17-7-5-4-6-8-17)33(28,29)18-10-12-21(31-2)22(14-18)32-3/h9-14,17H,4-8,15H2,1-3H3,(H,25,27). The Hall–Kier alpha value is -2.49. The van der Waals surface area contributed by atoms with Crippen molar-refractivity contribution < 1.29 is 27.4 Å². The van der Waals surface area contributed by atoms with E-state index in [0.29, 0.717) is 40.8 Å². The molecular weight excluding hydrogens is 468 g/mol. The minimum atomic E-state index is -3.97. The molecule has 0 heterocycles. The number of ether oxygens (including phenoxy) is 3. The van der Waals surface area contributed by atoms with Gasteiger partial charge < -0.3 is 19.5 Å². The number of nitrogens with zero attached hydrogens (tertiary/aromatic N) is 1. The highest BCUT2D eigenvalue weighted by atomic mass is 35.5. The van der Waals surface area contributed by atoms with E-state index in [0.717, 1.165) is 19.3 Å². The van der Waals surface area contributed by atoms with Crippen LogP contribution in [0.2, 0.25) is 5.02 Å². The number of anilines is 1. The number of benzene rings is 2. The number of carbonyl (C=O) groups excluding carboxylic acids is 1. The van der Waals surface area contributed by atoms with Crippen LogP contribution in [0.5, 0.6) is 17.2 Å². The maximum absolute atomic E-state index is 13.6. The highest BCUT2D eigenvalue weighted by Gasteiger charge is 2.34. The summed E-state index contributed by atoms with van der Waals surface area (Å²) < 4.78 is 44.2. The van der Waals surface area contributed by atoms with Crippen molar-refractivity contribution in [2.75, 3.05) is 33.2 Å². The van der Waals surface area contributed by atoms with Gasteiger partial charge in [0.15, 0.2) is 11.5 Å². The summed E-state index contributed by atoms with van der Waals surface area (Å²) in [5.41, 5.74) is 0.456. The number of sulfonamides is 1. The van der Waals surface area contributed by atoms with Crippen LogP contribution in [0, 0.1) is 0 Å². The van der Waals surface area contributed by atoms with Gasteiger partial charge in [-0.25, -0.2) is 8.42 Å². The van der Waals surface area contributed by atoms with Gasteiger partial charge in [-0.2, -0.15) is 4.31 Å². The van der Waals surface area contributed by atoms with Crippen molar-refractivity contribution in [1.29, 1.82) is 0 Å². The fourth-order valence-corrected chi connectivity index (χ4v) is 5.89. The largest absolute Gasteiger partial charge is 0.495 e. The minimum Gasteiger partial charge on any atom is -0.495 e. The Bertz CT molecular complexity index is 1090. The number of amides is 1. The van der Waals surface area contributed by atoms with E-state index < -0.39 is 15.9 Å². The maximum Gasteiger partial charge on any atom is 0.243 e. The number of halogens is 1. The molecule has 0 spiro atoms. The highest BCUT2D eigenvalue weighted by molar-refractivity contribution is 7.89. The van der Waals surface area contributed by atoms with Gasteiger partial charge in [0.1, 0.15) is 5.75 Å². The fraction of sp³-hybridized carbons (Fsp3) is 0.435. The first-order valence-electron chi connectivity index (χ1n) is 10.7. The summed E-state index contributed by atoms with van der Waals surface area (Å²) >= 11 is 6.14. The first kappa shape index (κ1) is 25.1. The van der Waals surface area contributed by atoms with Crippen molar-refractivity contribution >= 4 is 33.2 Å². The van der Waals surface area contributed by atoms with Gasteiger partial charge in [-0.1, -0.05) is 30.9 Å². The van der Waals surface area contributed by atoms with E-state index in [1.807, 2.05) is 0 Å². The van der Waals surface area contributed by atoms with Gasteiger partial charge in [-0.15, -0.1) is 0 Å². The van der Waals surface area contributed by atoms with Crippen LogP contribution in [-0.2, 0) is 14.8 Å². The smallest absolute Gasteiger partial charge is 0.243 e. The molecule has 2 aromatic rings. The second-order valence-corrected chi connectivity index (χ2v) is 10.1. The first-order chi connectivity index (χ1) is 15.8. The average Bonchev–Trinajstić information content (AvgIpc) is 2.82. The second kappa shape index (κ2) is 11.1. The number of nitrogens with one attached hydrogen (secondary N) is 1. The lowest BCUT2D eigenvalue weighted by molar-refractivity contribution is -0.116. The zero-order valence-corrected chi connectivity index (χ0v) is 20.5. The van der Waals surface area contributed by atoms with E-state index >= 15 is 0 Å². The van der Waals surface area contributed by atoms with Crippen LogP contribution in [0.3, 0.4) is 0 Å². The Morgan fingerprint density at radius 2 is 1.61 bits per heavy atom. The summed E-state index contributed by atoms with van der Waals surface area (Å²) in [6, 6.07) is 9.02. The third-order valence-corrected chi connectivity index (χ3v) is 7.87. The predicted molar refractivity (Wildman–Crippen MR) is 127 cm³/mol. The lowest BCUT2D eigenvalue weighted by Gasteiger charge is -2.33. The Kier molecular flexibility index (Phi) is 8.45. The molecule has 0 aliphatic heterocycles. The average molecular weight is 497 g/mol. The van der Waals surface area contributed by atoms with E-state index in [4.69, 9.17) is 25.8 Å². The zero-order valence-electron chi connectivity index (χ0n) is 19.0. The van der Waals surface area contributed by atoms with Gasteiger partial charge in [0.2, 0.25) is 15.9 Å². The Labute approximate surface area is 199 Å². The molecule has 1 aliphatic rings. The lowest BCUT2D eigenvalue weighted by atomic mass is 9.95. The summed E-state index contributed by atoms with van der Waals surface area (Å²) in [5.74, 6) is 0.759. The molecule has 1 aliphatic carbocycles. The van der Waals surface area contributed by atoms with Crippen molar-refractivity contribution in [2.24, 2.45) is 0 Å². The molecule has 1 fully saturated rings. The quantitative estimate of drug-likeness (QED) is 0.555. The van der Waals surface area contributed by atoms with Gasteiger partial charge in [0, 0.05) is 17.8 Å². The van der Waals surface area contributed by atoms with Crippen molar-refractivity contribution in [3.05, 3.63) is 41.4 Å². The summed E-state index contributed by atoms with van der Waals surface area (Å²) in [6.07, 6.45) is 4.29. The molecule has 180 valence electrons. The Balaban J connectivity index is 1.88. The lowest BCUT2D eigenvalue weighted by Crippen LogP contribution is -2.45. The normalized spacial score (nSPS) is 14.7. The number of rotatable bonds is 9. The van der Waals surface area contributed by atoms with Crippen LogP contribution in [-0.4, -0.2) is 52.5 Å². The first-order valence-corrected chi connectivity index (χ1v) is 12.5. The molecule has 3 rings (SSSR count). The summed E-state index contributed by atoms with van der Waals surface area (Å²) in [6.45, 7) is -0.314. The Morgan fingerprint density at radius 1 is 0.970 bits per heavy atom. The molecular formula is C23H29ClN2O6S. The molecule has 0 saturated heterocycles. The predicted octanol–water partition coefficient (Wildman–Crippen LogP) is 4.33. The SMILES string of the molecule is COc1ccc(NC(=O)CN(C2CCCCC2)S(=O)(=O)c2ccc(OC)c(OC)c2)cc1Cl. The topological polar surface area (TPSA) is 94.2 Å². The molecule has 2 aromatic carbocycles. The van der Waals surface area contributed by atoms with Crippen LogP contribution < -0.4 is 19.5 Å².